The van der Waals surface area contributed by atoms with Gasteiger partial charge in [-0.2, -0.15) is 0 Å². The maximum absolute atomic E-state index is 10.9. The first-order valence-corrected chi connectivity index (χ1v) is 5.96. The Morgan fingerprint density at radius 2 is 2.06 bits per heavy atom. The van der Waals surface area contributed by atoms with E-state index in [9.17, 15) is 4.79 Å². The lowest BCUT2D eigenvalue weighted by molar-refractivity contribution is 0.111. The molecule has 3 rings (SSSR count). The predicted octanol–water partition coefficient (Wildman–Crippen LogP) is 3.51. The largest absolute Gasteiger partial charge is 0.340 e. The minimum absolute atomic E-state index is 0.740. The summed E-state index contributed by atoms with van der Waals surface area (Å²) in [6, 6.07) is 8.42. The van der Waals surface area contributed by atoms with Gasteiger partial charge in [-0.05, 0) is 25.1 Å². The molecule has 0 aliphatic carbocycles. The zero-order valence-electron chi connectivity index (χ0n) is 9.15. The Morgan fingerprint density at radius 3 is 2.81 bits per heavy atom. The Bertz CT molecular complexity index is 705. The van der Waals surface area contributed by atoms with Crippen LogP contribution in [-0.4, -0.2) is 10.9 Å². The zero-order chi connectivity index (χ0) is 11.3. The molecule has 0 fully saturated rings. The average Bonchev–Trinajstić information content (AvgIpc) is 2.76. The van der Waals surface area contributed by atoms with Crippen LogP contribution in [0.25, 0.3) is 20.3 Å². The van der Waals surface area contributed by atoms with Crippen molar-refractivity contribution in [2.75, 3.05) is 0 Å². The molecule has 0 bridgehead atoms. The molecule has 0 aliphatic rings. The summed E-state index contributed by atoms with van der Waals surface area (Å²) in [5.41, 5.74) is 3.16. The van der Waals surface area contributed by atoms with Crippen molar-refractivity contribution in [2.45, 2.75) is 6.92 Å². The molecule has 0 saturated carbocycles. The van der Waals surface area contributed by atoms with Gasteiger partial charge in [0.15, 0.2) is 6.29 Å². The number of fused-ring (bicyclic) bond motifs is 3. The standard InChI is InChI=1S/C13H11NOS/c1-8-3-4-11-10(5-8)13-12(16-11)6-9(7-15)14(13)2/h3-7H,1-2H3. The molecule has 3 heteroatoms. The van der Waals surface area contributed by atoms with E-state index in [-0.39, 0.29) is 0 Å². The lowest BCUT2D eigenvalue weighted by Gasteiger charge is -1.98. The molecule has 16 heavy (non-hydrogen) atoms. The molecule has 0 aliphatic heterocycles. The molecule has 2 nitrogen and oxygen atoms in total. The van der Waals surface area contributed by atoms with Crippen molar-refractivity contribution in [3.05, 3.63) is 35.5 Å². The van der Waals surface area contributed by atoms with Gasteiger partial charge in [0.1, 0.15) is 0 Å². The molecule has 0 radical (unpaired) electrons. The second-order valence-electron chi connectivity index (χ2n) is 4.06. The predicted molar refractivity (Wildman–Crippen MR) is 68.4 cm³/mol. The third-order valence-corrected chi connectivity index (χ3v) is 4.07. The molecular formula is C13H11NOS. The highest BCUT2D eigenvalue weighted by Gasteiger charge is 2.11. The van der Waals surface area contributed by atoms with E-state index < -0.39 is 0 Å². The van der Waals surface area contributed by atoms with Crippen molar-refractivity contribution in [1.82, 2.24) is 4.57 Å². The monoisotopic (exact) mass is 229 g/mol. The van der Waals surface area contributed by atoms with Crippen LogP contribution in [0.1, 0.15) is 16.1 Å². The van der Waals surface area contributed by atoms with E-state index in [0.717, 1.165) is 12.0 Å². The van der Waals surface area contributed by atoms with Crippen LogP contribution in [0, 0.1) is 6.92 Å². The fourth-order valence-corrected chi connectivity index (χ4v) is 3.30. The highest BCUT2D eigenvalue weighted by Crippen LogP contribution is 2.35. The highest BCUT2D eigenvalue weighted by atomic mass is 32.1. The fourth-order valence-electron chi connectivity index (χ4n) is 2.13. The molecule has 2 heterocycles. The van der Waals surface area contributed by atoms with Crippen LogP contribution in [0.3, 0.4) is 0 Å². The summed E-state index contributed by atoms with van der Waals surface area (Å²) < 4.78 is 4.44. The van der Waals surface area contributed by atoms with Gasteiger partial charge in [-0.3, -0.25) is 4.79 Å². The molecule has 0 saturated heterocycles. The van der Waals surface area contributed by atoms with Crippen molar-refractivity contribution >= 4 is 37.9 Å². The van der Waals surface area contributed by atoms with Gasteiger partial charge in [-0.1, -0.05) is 11.6 Å². The maximum Gasteiger partial charge on any atom is 0.166 e. The minimum atomic E-state index is 0.740. The van der Waals surface area contributed by atoms with Crippen molar-refractivity contribution < 1.29 is 4.79 Å². The topological polar surface area (TPSA) is 22.0 Å². The van der Waals surface area contributed by atoms with Gasteiger partial charge in [0.05, 0.1) is 15.9 Å². The van der Waals surface area contributed by atoms with E-state index in [1.165, 1.54) is 25.9 Å². The molecule has 3 aromatic rings. The van der Waals surface area contributed by atoms with Crippen molar-refractivity contribution in [3.8, 4) is 0 Å². The number of nitrogens with zero attached hydrogens (tertiary/aromatic N) is 1. The number of thiophene rings is 1. The number of benzene rings is 1. The zero-order valence-corrected chi connectivity index (χ0v) is 9.97. The lowest BCUT2D eigenvalue weighted by Crippen LogP contribution is -1.93. The summed E-state index contributed by atoms with van der Waals surface area (Å²) in [6.07, 6.45) is 0.911. The van der Waals surface area contributed by atoms with E-state index in [1.807, 2.05) is 17.7 Å². The SMILES string of the molecule is Cc1ccc2sc3cc(C=O)n(C)c3c2c1. The highest BCUT2D eigenvalue weighted by molar-refractivity contribution is 7.25. The van der Waals surface area contributed by atoms with Gasteiger partial charge < -0.3 is 4.57 Å². The average molecular weight is 229 g/mol. The van der Waals surface area contributed by atoms with Gasteiger partial charge in [0.2, 0.25) is 0 Å². The number of hydrogen-bond acceptors (Lipinski definition) is 2. The van der Waals surface area contributed by atoms with Gasteiger partial charge in [-0.15, -0.1) is 11.3 Å². The van der Waals surface area contributed by atoms with E-state index in [0.29, 0.717) is 0 Å². The summed E-state index contributed by atoms with van der Waals surface area (Å²) in [4.78, 5) is 10.9. The second-order valence-corrected chi connectivity index (χ2v) is 5.14. The Kier molecular flexibility index (Phi) is 1.91. The molecular weight excluding hydrogens is 218 g/mol. The molecule has 0 spiro atoms. The smallest absolute Gasteiger partial charge is 0.166 e. The van der Waals surface area contributed by atoms with Gasteiger partial charge in [0.25, 0.3) is 0 Å². The first-order valence-electron chi connectivity index (χ1n) is 5.14. The molecule has 0 amide bonds. The Hall–Kier alpha value is -1.61. The molecule has 80 valence electrons. The van der Waals surface area contributed by atoms with Crippen molar-refractivity contribution in [2.24, 2.45) is 7.05 Å². The quantitative estimate of drug-likeness (QED) is 0.585. The van der Waals surface area contributed by atoms with Gasteiger partial charge in [0, 0.05) is 17.1 Å². The molecule has 0 unspecified atom stereocenters. The molecule has 0 N–H and O–H groups in total. The van der Waals surface area contributed by atoms with Crippen LogP contribution in [0.2, 0.25) is 0 Å². The van der Waals surface area contributed by atoms with Gasteiger partial charge in [-0.25, -0.2) is 0 Å². The van der Waals surface area contributed by atoms with Crippen molar-refractivity contribution in [3.63, 3.8) is 0 Å². The maximum atomic E-state index is 10.9. The van der Waals surface area contributed by atoms with Crippen LogP contribution in [0.4, 0.5) is 0 Å². The number of carbonyl (C=O) groups is 1. The first-order chi connectivity index (χ1) is 7.70. The number of aldehydes is 1. The summed E-state index contributed by atoms with van der Waals surface area (Å²) >= 11 is 1.74. The summed E-state index contributed by atoms with van der Waals surface area (Å²) in [5, 5.41) is 1.25. The number of aryl methyl sites for hydroxylation is 2. The minimum Gasteiger partial charge on any atom is -0.340 e. The Balaban J connectivity index is 2.53. The van der Waals surface area contributed by atoms with Crippen LogP contribution in [0.5, 0.6) is 0 Å². The molecule has 0 atom stereocenters. The van der Waals surface area contributed by atoms with Crippen LogP contribution in [0.15, 0.2) is 24.3 Å². The van der Waals surface area contributed by atoms with Crippen LogP contribution < -0.4 is 0 Å². The lowest BCUT2D eigenvalue weighted by atomic mass is 10.2. The Morgan fingerprint density at radius 1 is 1.25 bits per heavy atom. The molecule has 2 aromatic heterocycles. The third kappa shape index (κ3) is 1.15. The summed E-state index contributed by atoms with van der Waals surface area (Å²) in [5.74, 6) is 0. The summed E-state index contributed by atoms with van der Waals surface area (Å²) in [6.45, 7) is 2.09. The number of aromatic nitrogens is 1. The normalized spacial score (nSPS) is 11.4. The van der Waals surface area contributed by atoms with E-state index >= 15 is 0 Å². The van der Waals surface area contributed by atoms with E-state index in [1.54, 1.807) is 11.3 Å². The number of hydrogen-bond donors (Lipinski definition) is 0. The van der Waals surface area contributed by atoms with E-state index in [2.05, 4.69) is 25.1 Å². The molecule has 1 aromatic carbocycles. The second kappa shape index (κ2) is 3.19. The number of carbonyl (C=O) groups excluding carboxylic acids is 1. The number of rotatable bonds is 1. The van der Waals surface area contributed by atoms with Gasteiger partial charge >= 0.3 is 0 Å². The first kappa shape index (κ1) is 9.60. The van der Waals surface area contributed by atoms with Crippen LogP contribution >= 0.6 is 11.3 Å². The van der Waals surface area contributed by atoms with Crippen LogP contribution in [-0.2, 0) is 7.05 Å². The van der Waals surface area contributed by atoms with Crippen molar-refractivity contribution in [1.29, 1.82) is 0 Å². The third-order valence-electron chi connectivity index (χ3n) is 2.97. The Labute approximate surface area is 97.1 Å². The van der Waals surface area contributed by atoms with E-state index in [4.69, 9.17) is 0 Å². The summed E-state index contributed by atoms with van der Waals surface area (Å²) in [7, 11) is 1.94. The fraction of sp³-hybridized carbons (Fsp3) is 0.154.